The Hall–Kier alpha value is -1.69. The monoisotopic (exact) mass is 294 g/mol. The van der Waals surface area contributed by atoms with Crippen molar-refractivity contribution in [3.63, 3.8) is 0 Å². The Morgan fingerprint density at radius 2 is 2.05 bits per heavy atom. The number of anilines is 1. The highest BCUT2D eigenvalue weighted by Gasteiger charge is 2.13. The second-order valence-electron chi connectivity index (χ2n) is 5.72. The van der Waals surface area contributed by atoms with E-state index in [1.165, 1.54) is 0 Å². The van der Waals surface area contributed by atoms with Crippen LogP contribution in [-0.4, -0.2) is 28.0 Å². The molecule has 0 saturated heterocycles. The van der Waals surface area contributed by atoms with E-state index in [-0.39, 0.29) is 11.4 Å². The lowest BCUT2D eigenvalue weighted by Crippen LogP contribution is -2.41. The fraction of sp³-hybridized carbons (Fsp3) is 0.500. The Balaban J connectivity index is 2.54. The van der Waals surface area contributed by atoms with Crippen LogP contribution in [0.25, 0.3) is 0 Å². The van der Waals surface area contributed by atoms with E-state index in [0.29, 0.717) is 23.8 Å². The standard InChI is InChI=1S/C14H22N4OS/c1-9-7-10(13(15)20)8-11(17-9)16-6-5-12(19)18-14(2,3)4/h7-8H,5-6H2,1-4H3,(H2,15,20)(H,16,17)(H,18,19). The van der Waals surface area contributed by atoms with Gasteiger partial charge in [0.2, 0.25) is 5.91 Å². The second kappa shape index (κ2) is 6.65. The number of amides is 1. The van der Waals surface area contributed by atoms with E-state index in [0.717, 1.165) is 11.3 Å². The zero-order chi connectivity index (χ0) is 15.3. The van der Waals surface area contributed by atoms with Crippen molar-refractivity contribution >= 4 is 28.9 Å². The molecule has 0 bridgehead atoms. The first-order valence-corrected chi connectivity index (χ1v) is 6.91. The summed E-state index contributed by atoms with van der Waals surface area (Å²) in [6.07, 6.45) is 0.384. The number of nitrogens with zero attached hydrogens (tertiary/aromatic N) is 1. The molecule has 0 unspecified atom stereocenters. The second-order valence-corrected chi connectivity index (χ2v) is 6.16. The van der Waals surface area contributed by atoms with Crippen molar-refractivity contribution in [2.75, 3.05) is 11.9 Å². The van der Waals surface area contributed by atoms with Crippen molar-refractivity contribution in [1.82, 2.24) is 10.3 Å². The lowest BCUT2D eigenvalue weighted by Gasteiger charge is -2.20. The Morgan fingerprint density at radius 1 is 1.40 bits per heavy atom. The van der Waals surface area contributed by atoms with Crippen LogP contribution in [0.4, 0.5) is 5.82 Å². The summed E-state index contributed by atoms with van der Waals surface area (Å²) in [6.45, 7) is 8.24. The van der Waals surface area contributed by atoms with Gasteiger partial charge in [0.15, 0.2) is 0 Å². The van der Waals surface area contributed by atoms with E-state index in [1.807, 2.05) is 33.8 Å². The van der Waals surface area contributed by atoms with E-state index in [2.05, 4.69) is 15.6 Å². The number of thiocarbonyl (C=S) groups is 1. The average molecular weight is 294 g/mol. The van der Waals surface area contributed by atoms with Crippen LogP contribution in [0.1, 0.15) is 38.4 Å². The first kappa shape index (κ1) is 16.4. The zero-order valence-corrected chi connectivity index (χ0v) is 13.2. The Bertz CT molecular complexity index is 508. The highest BCUT2D eigenvalue weighted by Crippen LogP contribution is 2.10. The van der Waals surface area contributed by atoms with Crippen LogP contribution < -0.4 is 16.4 Å². The van der Waals surface area contributed by atoms with Gasteiger partial charge in [-0.1, -0.05) is 12.2 Å². The third-order valence-corrected chi connectivity index (χ3v) is 2.65. The molecule has 1 heterocycles. The summed E-state index contributed by atoms with van der Waals surface area (Å²) in [5, 5.41) is 6.02. The Labute approximate surface area is 125 Å². The summed E-state index contributed by atoms with van der Waals surface area (Å²) in [4.78, 5) is 16.3. The van der Waals surface area contributed by atoms with Gasteiger partial charge in [0.1, 0.15) is 10.8 Å². The van der Waals surface area contributed by atoms with Crippen LogP contribution >= 0.6 is 12.2 Å². The Kier molecular flexibility index (Phi) is 5.44. The number of carbonyl (C=O) groups is 1. The predicted molar refractivity (Wildman–Crippen MR) is 85.9 cm³/mol. The van der Waals surface area contributed by atoms with Crippen molar-refractivity contribution in [2.45, 2.75) is 39.7 Å². The minimum atomic E-state index is -0.211. The lowest BCUT2D eigenvalue weighted by molar-refractivity contribution is -0.122. The third kappa shape index (κ3) is 5.97. The van der Waals surface area contributed by atoms with E-state index >= 15 is 0 Å². The van der Waals surface area contributed by atoms with Crippen LogP contribution in [0.5, 0.6) is 0 Å². The number of rotatable bonds is 5. The van der Waals surface area contributed by atoms with Crippen molar-refractivity contribution in [3.8, 4) is 0 Å². The number of aryl methyl sites for hydroxylation is 1. The van der Waals surface area contributed by atoms with Gasteiger partial charge in [-0.15, -0.1) is 0 Å². The summed E-state index contributed by atoms with van der Waals surface area (Å²) in [5.41, 5.74) is 7.00. The molecule has 0 saturated carbocycles. The van der Waals surface area contributed by atoms with Crippen LogP contribution in [0, 0.1) is 6.92 Å². The van der Waals surface area contributed by atoms with Gasteiger partial charge in [-0.3, -0.25) is 4.79 Å². The van der Waals surface area contributed by atoms with Gasteiger partial charge in [-0.05, 0) is 39.8 Å². The van der Waals surface area contributed by atoms with Crippen LogP contribution in [0.3, 0.4) is 0 Å². The topological polar surface area (TPSA) is 80.0 Å². The molecule has 0 atom stereocenters. The molecule has 0 aliphatic rings. The molecule has 0 aliphatic heterocycles. The maximum absolute atomic E-state index is 11.7. The average Bonchev–Trinajstić information content (AvgIpc) is 2.25. The number of hydrogen-bond acceptors (Lipinski definition) is 4. The molecule has 4 N–H and O–H groups in total. The number of pyridine rings is 1. The van der Waals surface area contributed by atoms with E-state index in [9.17, 15) is 4.79 Å². The summed E-state index contributed by atoms with van der Waals surface area (Å²) in [7, 11) is 0. The summed E-state index contributed by atoms with van der Waals surface area (Å²) in [6, 6.07) is 3.62. The number of hydrogen-bond donors (Lipinski definition) is 3. The van der Waals surface area contributed by atoms with Gasteiger partial charge < -0.3 is 16.4 Å². The van der Waals surface area contributed by atoms with Crippen molar-refractivity contribution in [1.29, 1.82) is 0 Å². The first-order chi connectivity index (χ1) is 9.17. The molecule has 5 nitrogen and oxygen atoms in total. The van der Waals surface area contributed by atoms with Crippen molar-refractivity contribution in [2.24, 2.45) is 5.73 Å². The highest BCUT2D eigenvalue weighted by molar-refractivity contribution is 7.80. The van der Waals surface area contributed by atoms with Crippen molar-refractivity contribution in [3.05, 3.63) is 23.4 Å². The quantitative estimate of drug-likeness (QED) is 0.721. The van der Waals surface area contributed by atoms with Gasteiger partial charge in [0.25, 0.3) is 0 Å². The molecule has 6 heteroatoms. The maximum Gasteiger partial charge on any atom is 0.222 e. The number of aromatic nitrogens is 1. The Morgan fingerprint density at radius 3 is 2.60 bits per heavy atom. The van der Waals surface area contributed by atoms with Crippen molar-refractivity contribution < 1.29 is 4.79 Å². The molecular weight excluding hydrogens is 272 g/mol. The minimum absolute atomic E-state index is 0.00669. The van der Waals surface area contributed by atoms with Gasteiger partial charge in [-0.2, -0.15) is 0 Å². The molecule has 20 heavy (non-hydrogen) atoms. The van der Waals surface area contributed by atoms with Gasteiger partial charge >= 0.3 is 0 Å². The lowest BCUT2D eigenvalue weighted by atomic mass is 10.1. The van der Waals surface area contributed by atoms with Crippen LogP contribution in [-0.2, 0) is 4.79 Å². The SMILES string of the molecule is Cc1cc(C(N)=S)cc(NCCC(=O)NC(C)(C)C)n1. The molecular formula is C14H22N4OS. The van der Waals surface area contributed by atoms with Crippen LogP contribution in [0.15, 0.2) is 12.1 Å². The molecule has 1 rings (SSSR count). The first-order valence-electron chi connectivity index (χ1n) is 6.51. The van der Waals surface area contributed by atoms with Gasteiger partial charge in [-0.25, -0.2) is 4.98 Å². The minimum Gasteiger partial charge on any atom is -0.389 e. The van der Waals surface area contributed by atoms with E-state index in [4.69, 9.17) is 18.0 Å². The smallest absolute Gasteiger partial charge is 0.222 e. The molecule has 1 amide bonds. The number of nitrogens with two attached hydrogens (primary N) is 1. The summed E-state index contributed by atoms with van der Waals surface area (Å²) in [5.74, 6) is 0.684. The molecule has 0 aliphatic carbocycles. The molecule has 0 spiro atoms. The highest BCUT2D eigenvalue weighted by atomic mass is 32.1. The normalized spacial score (nSPS) is 11.0. The molecule has 110 valence electrons. The van der Waals surface area contributed by atoms with Gasteiger partial charge in [0, 0.05) is 29.8 Å². The summed E-state index contributed by atoms with van der Waals surface area (Å²) >= 11 is 4.95. The zero-order valence-electron chi connectivity index (χ0n) is 12.4. The van der Waals surface area contributed by atoms with Gasteiger partial charge in [0.05, 0.1) is 0 Å². The number of nitrogens with one attached hydrogen (secondary N) is 2. The predicted octanol–water partition coefficient (Wildman–Crippen LogP) is 1.74. The van der Waals surface area contributed by atoms with E-state index < -0.39 is 0 Å². The molecule has 1 aromatic rings. The molecule has 0 radical (unpaired) electrons. The molecule has 1 aromatic heterocycles. The van der Waals surface area contributed by atoms with Crippen LogP contribution in [0.2, 0.25) is 0 Å². The summed E-state index contributed by atoms with van der Waals surface area (Å²) < 4.78 is 0. The third-order valence-electron chi connectivity index (χ3n) is 2.41. The fourth-order valence-corrected chi connectivity index (χ4v) is 1.80. The molecule has 0 aromatic carbocycles. The number of carbonyl (C=O) groups excluding carboxylic acids is 1. The molecule has 0 fully saturated rings. The fourth-order valence-electron chi connectivity index (χ4n) is 1.69. The maximum atomic E-state index is 11.7. The van der Waals surface area contributed by atoms with E-state index in [1.54, 1.807) is 6.07 Å². The largest absolute Gasteiger partial charge is 0.389 e.